The minimum absolute atomic E-state index is 0.962. The van der Waals surface area contributed by atoms with Gasteiger partial charge in [0.25, 0.3) is 0 Å². The number of benzene rings is 1. The Balaban J connectivity index is 1.82. The number of hydrogen-bond donors (Lipinski definition) is 1. The van der Waals surface area contributed by atoms with Crippen molar-refractivity contribution < 1.29 is 0 Å². The third-order valence-electron chi connectivity index (χ3n) is 3.50. The van der Waals surface area contributed by atoms with E-state index >= 15 is 0 Å². The molecule has 0 saturated carbocycles. The second-order valence-corrected chi connectivity index (χ2v) is 5.47. The highest BCUT2D eigenvalue weighted by atomic mass is 15.0. The third-order valence-corrected chi connectivity index (χ3v) is 3.50. The van der Waals surface area contributed by atoms with Crippen molar-refractivity contribution in [3.63, 3.8) is 0 Å². The molecule has 0 saturated heterocycles. The second kappa shape index (κ2) is 6.73. The lowest BCUT2D eigenvalue weighted by Crippen LogP contribution is -2.18. The van der Waals surface area contributed by atoms with E-state index in [1.54, 1.807) is 0 Å². The molecule has 1 aromatic carbocycles. The summed E-state index contributed by atoms with van der Waals surface area (Å²) in [6.45, 7) is 3.23. The maximum atomic E-state index is 3.55. The van der Waals surface area contributed by atoms with Crippen molar-refractivity contribution >= 4 is 10.9 Å². The maximum Gasteiger partial charge on any atom is 0.0481 e. The predicted molar refractivity (Wildman–Crippen MR) is 82.4 cm³/mol. The van der Waals surface area contributed by atoms with Gasteiger partial charge in [0.15, 0.2) is 0 Å². The minimum Gasteiger partial charge on any atom is -0.350 e. The van der Waals surface area contributed by atoms with Gasteiger partial charge in [-0.1, -0.05) is 18.2 Å². The number of aryl methyl sites for hydroxylation is 1. The molecular formula is C16H25N3. The average Bonchev–Trinajstić information content (AvgIpc) is 2.71. The van der Waals surface area contributed by atoms with Crippen LogP contribution in [0.1, 0.15) is 18.4 Å². The summed E-state index contributed by atoms with van der Waals surface area (Å²) in [5.74, 6) is 0. The molecule has 2 rings (SSSR count). The van der Waals surface area contributed by atoms with E-state index in [1.807, 2.05) is 0 Å². The molecule has 2 aromatic rings. The van der Waals surface area contributed by atoms with E-state index in [-0.39, 0.29) is 0 Å². The summed E-state index contributed by atoms with van der Waals surface area (Å²) in [4.78, 5) is 2.24. The van der Waals surface area contributed by atoms with Gasteiger partial charge < -0.3 is 14.8 Å². The Morgan fingerprint density at radius 1 is 1.16 bits per heavy atom. The highest BCUT2D eigenvalue weighted by Crippen LogP contribution is 2.19. The Labute approximate surface area is 116 Å². The van der Waals surface area contributed by atoms with Crippen molar-refractivity contribution in [2.24, 2.45) is 7.05 Å². The summed E-state index contributed by atoms with van der Waals surface area (Å²) in [7, 11) is 6.37. The fourth-order valence-corrected chi connectivity index (χ4v) is 2.47. The first-order chi connectivity index (χ1) is 9.18. The molecule has 3 heteroatoms. The van der Waals surface area contributed by atoms with Crippen molar-refractivity contribution in [3.05, 3.63) is 36.0 Å². The summed E-state index contributed by atoms with van der Waals surface area (Å²) in [5.41, 5.74) is 2.71. The zero-order valence-corrected chi connectivity index (χ0v) is 12.3. The topological polar surface area (TPSA) is 20.2 Å². The number of fused-ring (bicyclic) bond motifs is 1. The van der Waals surface area contributed by atoms with E-state index < -0.39 is 0 Å². The van der Waals surface area contributed by atoms with E-state index in [1.165, 1.54) is 35.9 Å². The molecule has 0 atom stereocenters. The summed E-state index contributed by atoms with van der Waals surface area (Å²) >= 11 is 0. The number of para-hydroxylation sites is 1. The van der Waals surface area contributed by atoms with Gasteiger partial charge in [0.05, 0.1) is 0 Å². The van der Waals surface area contributed by atoms with Crippen LogP contribution in [0, 0.1) is 0 Å². The number of nitrogens with one attached hydrogen (secondary N) is 1. The van der Waals surface area contributed by atoms with Gasteiger partial charge in [-0.3, -0.25) is 0 Å². The highest BCUT2D eigenvalue weighted by molar-refractivity contribution is 5.83. The van der Waals surface area contributed by atoms with Gasteiger partial charge in [-0.2, -0.15) is 0 Å². The number of hydrogen-bond acceptors (Lipinski definition) is 2. The summed E-state index contributed by atoms with van der Waals surface area (Å²) in [6.07, 6.45) is 4.73. The molecule has 0 aliphatic rings. The number of unbranched alkanes of at least 4 members (excludes halogenated alkanes) is 1. The van der Waals surface area contributed by atoms with Crippen LogP contribution in [-0.2, 0) is 13.6 Å². The Bertz CT molecular complexity index is 514. The van der Waals surface area contributed by atoms with Crippen molar-refractivity contribution in [1.82, 2.24) is 14.8 Å². The van der Waals surface area contributed by atoms with E-state index in [4.69, 9.17) is 0 Å². The quantitative estimate of drug-likeness (QED) is 0.771. The molecule has 1 aromatic heterocycles. The molecule has 1 N–H and O–H groups in total. The zero-order valence-electron chi connectivity index (χ0n) is 12.3. The highest BCUT2D eigenvalue weighted by Gasteiger charge is 2.04. The number of nitrogens with zero attached hydrogens (tertiary/aromatic N) is 2. The van der Waals surface area contributed by atoms with Crippen LogP contribution in [0.4, 0.5) is 0 Å². The van der Waals surface area contributed by atoms with E-state index in [0.717, 1.165) is 13.1 Å². The van der Waals surface area contributed by atoms with Crippen LogP contribution in [0.15, 0.2) is 30.5 Å². The molecule has 0 spiro atoms. The van der Waals surface area contributed by atoms with Crippen LogP contribution in [0.25, 0.3) is 10.9 Å². The van der Waals surface area contributed by atoms with Crippen LogP contribution in [0.3, 0.4) is 0 Å². The van der Waals surface area contributed by atoms with Crippen molar-refractivity contribution in [2.45, 2.75) is 19.4 Å². The molecular weight excluding hydrogens is 234 g/mol. The molecule has 19 heavy (non-hydrogen) atoms. The first-order valence-corrected chi connectivity index (χ1v) is 7.07. The Morgan fingerprint density at radius 3 is 2.74 bits per heavy atom. The van der Waals surface area contributed by atoms with Crippen molar-refractivity contribution in [2.75, 3.05) is 27.2 Å². The summed E-state index contributed by atoms with van der Waals surface area (Å²) < 4.78 is 2.21. The Morgan fingerprint density at radius 2 is 1.95 bits per heavy atom. The molecule has 3 nitrogen and oxygen atoms in total. The van der Waals surface area contributed by atoms with E-state index in [0.29, 0.717) is 0 Å². The molecule has 0 unspecified atom stereocenters. The largest absolute Gasteiger partial charge is 0.350 e. The Kier molecular flexibility index (Phi) is 5.00. The Hall–Kier alpha value is -1.32. The third kappa shape index (κ3) is 3.82. The lowest BCUT2D eigenvalue weighted by molar-refractivity contribution is 0.391. The predicted octanol–water partition coefficient (Wildman–Crippen LogP) is 2.61. The summed E-state index contributed by atoms with van der Waals surface area (Å²) in [6, 6.07) is 8.60. The summed E-state index contributed by atoms with van der Waals surface area (Å²) in [5, 5.41) is 4.92. The molecule has 0 aliphatic carbocycles. The van der Waals surface area contributed by atoms with Gasteiger partial charge in [-0.15, -0.1) is 0 Å². The van der Waals surface area contributed by atoms with Crippen molar-refractivity contribution in [1.29, 1.82) is 0 Å². The van der Waals surface area contributed by atoms with E-state index in [9.17, 15) is 0 Å². The lowest BCUT2D eigenvalue weighted by Gasteiger charge is -2.09. The normalized spacial score (nSPS) is 11.6. The standard InChI is InChI=1S/C16H25N3/c1-18(2)11-7-6-10-17-12-14-13-19(3)16-9-5-4-8-15(14)16/h4-5,8-9,13,17H,6-7,10-12H2,1-3H3. The maximum absolute atomic E-state index is 3.55. The van der Waals surface area contributed by atoms with Gasteiger partial charge in [0.1, 0.15) is 0 Å². The van der Waals surface area contributed by atoms with Gasteiger partial charge in [-0.05, 0) is 51.7 Å². The first-order valence-electron chi connectivity index (χ1n) is 7.07. The van der Waals surface area contributed by atoms with Crippen LogP contribution in [-0.4, -0.2) is 36.7 Å². The minimum atomic E-state index is 0.962. The lowest BCUT2D eigenvalue weighted by atomic mass is 10.2. The fraction of sp³-hybridized carbons (Fsp3) is 0.500. The first kappa shape index (κ1) is 14.1. The second-order valence-electron chi connectivity index (χ2n) is 5.47. The van der Waals surface area contributed by atoms with Gasteiger partial charge in [-0.25, -0.2) is 0 Å². The van der Waals surface area contributed by atoms with Crippen LogP contribution in [0.5, 0.6) is 0 Å². The van der Waals surface area contributed by atoms with Crippen LogP contribution >= 0.6 is 0 Å². The smallest absolute Gasteiger partial charge is 0.0481 e. The van der Waals surface area contributed by atoms with Gasteiger partial charge in [0, 0.05) is 30.7 Å². The molecule has 0 amide bonds. The molecule has 104 valence electrons. The number of rotatable bonds is 7. The molecule has 0 radical (unpaired) electrons. The van der Waals surface area contributed by atoms with Crippen LogP contribution in [0.2, 0.25) is 0 Å². The van der Waals surface area contributed by atoms with Gasteiger partial charge >= 0.3 is 0 Å². The zero-order chi connectivity index (χ0) is 13.7. The monoisotopic (exact) mass is 259 g/mol. The fourth-order valence-electron chi connectivity index (χ4n) is 2.47. The van der Waals surface area contributed by atoms with Gasteiger partial charge in [0.2, 0.25) is 0 Å². The molecule has 0 aliphatic heterocycles. The van der Waals surface area contributed by atoms with E-state index in [2.05, 4.69) is 66.4 Å². The van der Waals surface area contributed by atoms with Crippen LogP contribution < -0.4 is 5.32 Å². The average molecular weight is 259 g/mol. The molecule has 0 bridgehead atoms. The van der Waals surface area contributed by atoms with Crippen molar-refractivity contribution in [3.8, 4) is 0 Å². The SMILES string of the molecule is CN(C)CCCCNCc1cn(C)c2ccccc12. The number of aromatic nitrogens is 1. The molecule has 1 heterocycles. The molecule has 0 fully saturated rings.